The second-order valence-corrected chi connectivity index (χ2v) is 10.8. The highest BCUT2D eigenvalue weighted by molar-refractivity contribution is 6.04. The highest BCUT2D eigenvalue weighted by atomic mass is 16.6. The summed E-state index contributed by atoms with van der Waals surface area (Å²) in [6, 6.07) is 5.30. The van der Waals surface area contributed by atoms with Gasteiger partial charge in [-0.3, -0.25) is 0 Å². The van der Waals surface area contributed by atoms with Gasteiger partial charge < -0.3 is 9.47 Å². The molecule has 0 amide bonds. The van der Waals surface area contributed by atoms with Crippen LogP contribution in [0.1, 0.15) is 120 Å². The highest BCUT2D eigenvalue weighted by Crippen LogP contribution is 2.30. The summed E-state index contributed by atoms with van der Waals surface area (Å²) in [7, 11) is 0. The van der Waals surface area contributed by atoms with E-state index in [4.69, 9.17) is 9.47 Å². The first-order valence-electron chi connectivity index (χ1n) is 11.8. The van der Waals surface area contributed by atoms with Crippen molar-refractivity contribution in [2.24, 2.45) is 10.8 Å². The van der Waals surface area contributed by atoms with Crippen molar-refractivity contribution in [2.75, 3.05) is 0 Å². The molecule has 0 aromatic heterocycles. The van der Waals surface area contributed by atoms with Crippen LogP contribution in [0.2, 0.25) is 0 Å². The van der Waals surface area contributed by atoms with Gasteiger partial charge in [0.15, 0.2) is 0 Å². The molecule has 0 aliphatic heterocycles. The largest absolute Gasteiger partial charge is 0.458 e. The lowest BCUT2D eigenvalue weighted by Gasteiger charge is -2.31. The number of carbonyl (C=O) groups excluding carboxylic acids is 2. The fraction of sp³-hybridized carbons (Fsp3) is 0.704. The van der Waals surface area contributed by atoms with E-state index in [1.165, 1.54) is 0 Å². The van der Waals surface area contributed by atoms with Crippen LogP contribution in [0.3, 0.4) is 0 Å². The van der Waals surface area contributed by atoms with Crippen LogP contribution in [0.25, 0.3) is 0 Å². The monoisotopic (exact) mass is 432 g/mol. The lowest BCUT2D eigenvalue weighted by molar-refractivity contribution is -0.0106. The number of esters is 2. The van der Waals surface area contributed by atoms with Gasteiger partial charge in [-0.2, -0.15) is 0 Å². The van der Waals surface area contributed by atoms with Crippen LogP contribution in [0.5, 0.6) is 0 Å². The molecule has 0 saturated heterocycles. The summed E-state index contributed by atoms with van der Waals surface area (Å²) < 4.78 is 11.9. The third kappa shape index (κ3) is 8.31. The zero-order chi connectivity index (χ0) is 23.8. The van der Waals surface area contributed by atoms with E-state index in [-0.39, 0.29) is 23.0 Å². The van der Waals surface area contributed by atoms with Crippen molar-refractivity contribution in [3.8, 4) is 0 Å². The maximum absolute atomic E-state index is 13.2. The normalized spacial score (nSPS) is 14.1. The Labute approximate surface area is 190 Å². The molecule has 0 radical (unpaired) electrons. The molecule has 176 valence electrons. The van der Waals surface area contributed by atoms with E-state index >= 15 is 0 Å². The molecule has 0 aliphatic rings. The zero-order valence-electron chi connectivity index (χ0n) is 21.3. The minimum absolute atomic E-state index is 0.174. The van der Waals surface area contributed by atoms with E-state index in [1.807, 2.05) is 13.0 Å². The quantitative estimate of drug-likeness (QED) is 0.359. The summed E-state index contributed by atoms with van der Waals surface area (Å²) in [5.41, 5.74) is 0.988. The topological polar surface area (TPSA) is 52.6 Å². The van der Waals surface area contributed by atoms with Crippen LogP contribution < -0.4 is 0 Å². The fourth-order valence-corrected chi connectivity index (χ4v) is 3.61. The summed E-state index contributed by atoms with van der Waals surface area (Å²) in [4.78, 5) is 26.4. The van der Waals surface area contributed by atoms with Crippen molar-refractivity contribution < 1.29 is 19.1 Å². The molecule has 2 atom stereocenters. The summed E-state index contributed by atoms with van der Waals surface area (Å²) in [5.74, 6) is -0.894. The van der Waals surface area contributed by atoms with E-state index in [9.17, 15) is 9.59 Å². The second kappa shape index (κ2) is 11.7. The molecule has 1 aromatic carbocycles. The van der Waals surface area contributed by atoms with Crippen LogP contribution in [-0.4, -0.2) is 24.1 Å². The number of ether oxygens (including phenoxy) is 2. The maximum Gasteiger partial charge on any atom is 0.339 e. The SMILES string of the molecule is CCCCC(OC(=O)c1cccc(C)c1C(=O)OC(CCCC)C(C)(C)C)C(C)(C)C. The van der Waals surface area contributed by atoms with E-state index in [0.717, 1.165) is 44.1 Å². The maximum atomic E-state index is 13.2. The molecule has 1 aromatic rings. The number of hydrogen-bond acceptors (Lipinski definition) is 4. The molecule has 0 spiro atoms. The first-order chi connectivity index (χ1) is 14.3. The predicted octanol–water partition coefficient (Wildman–Crippen LogP) is 7.52. The van der Waals surface area contributed by atoms with Crippen LogP contribution in [0.4, 0.5) is 0 Å². The molecule has 4 nitrogen and oxygen atoms in total. The molecule has 0 aliphatic carbocycles. The van der Waals surface area contributed by atoms with Gasteiger partial charge in [0.2, 0.25) is 0 Å². The van der Waals surface area contributed by atoms with Gasteiger partial charge in [0.1, 0.15) is 12.2 Å². The van der Waals surface area contributed by atoms with Gasteiger partial charge in [-0.15, -0.1) is 0 Å². The molecule has 2 unspecified atom stereocenters. The van der Waals surface area contributed by atoms with E-state index in [2.05, 4.69) is 55.4 Å². The summed E-state index contributed by atoms with van der Waals surface area (Å²) in [6.07, 6.45) is 5.24. The van der Waals surface area contributed by atoms with Crippen LogP contribution in [-0.2, 0) is 9.47 Å². The number of rotatable bonds is 10. The van der Waals surface area contributed by atoms with Gasteiger partial charge in [0, 0.05) is 0 Å². The molecular formula is C27H44O4. The lowest BCUT2D eigenvalue weighted by Crippen LogP contribution is -2.34. The Bertz CT molecular complexity index is 722. The molecule has 4 heteroatoms. The zero-order valence-corrected chi connectivity index (χ0v) is 21.3. The fourth-order valence-electron chi connectivity index (χ4n) is 3.61. The average molecular weight is 433 g/mol. The lowest BCUT2D eigenvalue weighted by atomic mass is 9.85. The summed E-state index contributed by atoms with van der Waals surface area (Å²) >= 11 is 0. The molecule has 0 bridgehead atoms. The van der Waals surface area contributed by atoms with E-state index in [0.29, 0.717) is 11.1 Å². The molecule has 0 saturated carbocycles. The van der Waals surface area contributed by atoms with Crippen molar-refractivity contribution in [3.05, 3.63) is 34.9 Å². The Kier molecular flexibility index (Phi) is 10.3. The number of unbranched alkanes of at least 4 members (excludes halogenated alkanes) is 2. The number of hydrogen-bond donors (Lipinski definition) is 0. The highest BCUT2D eigenvalue weighted by Gasteiger charge is 2.33. The Morgan fingerprint density at radius 1 is 0.806 bits per heavy atom. The first kappa shape index (κ1) is 27.2. The van der Waals surface area contributed by atoms with Crippen LogP contribution in [0, 0.1) is 17.8 Å². The van der Waals surface area contributed by atoms with Crippen LogP contribution >= 0.6 is 0 Å². The van der Waals surface area contributed by atoms with Crippen LogP contribution in [0.15, 0.2) is 18.2 Å². The van der Waals surface area contributed by atoms with Crippen molar-refractivity contribution in [2.45, 2.75) is 113 Å². The number of carbonyl (C=O) groups is 2. The smallest absolute Gasteiger partial charge is 0.339 e. The third-order valence-corrected chi connectivity index (χ3v) is 5.77. The number of aryl methyl sites for hydroxylation is 1. The Morgan fingerprint density at radius 2 is 1.26 bits per heavy atom. The van der Waals surface area contributed by atoms with Gasteiger partial charge in [-0.1, -0.05) is 93.2 Å². The van der Waals surface area contributed by atoms with Gasteiger partial charge in [-0.05, 0) is 42.2 Å². The van der Waals surface area contributed by atoms with Crippen molar-refractivity contribution in [1.29, 1.82) is 0 Å². The predicted molar refractivity (Wildman–Crippen MR) is 128 cm³/mol. The molecule has 1 rings (SSSR count). The number of benzene rings is 1. The van der Waals surface area contributed by atoms with Gasteiger partial charge in [-0.25, -0.2) is 9.59 Å². The third-order valence-electron chi connectivity index (χ3n) is 5.77. The average Bonchev–Trinajstić information content (AvgIpc) is 2.65. The van der Waals surface area contributed by atoms with E-state index in [1.54, 1.807) is 12.1 Å². The standard InChI is InChI=1S/C27H44O4/c1-10-12-17-21(26(4,5)6)30-24(28)20-16-14-15-19(3)23(20)25(29)31-22(18-13-11-2)27(7,8)9/h14-16,21-22H,10-13,17-18H2,1-9H3. The Morgan fingerprint density at radius 3 is 1.68 bits per heavy atom. The first-order valence-corrected chi connectivity index (χ1v) is 11.8. The van der Waals surface area contributed by atoms with Gasteiger partial charge in [0.05, 0.1) is 11.1 Å². The van der Waals surface area contributed by atoms with E-state index < -0.39 is 11.9 Å². The molecule has 0 N–H and O–H groups in total. The van der Waals surface area contributed by atoms with Crippen molar-refractivity contribution in [1.82, 2.24) is 0 Å². The molecular weight excluding hydrogens is 388 g/mol. The Hall–Kier alpha value is -1.84. The second-order valence-electron chi connectivity index (χ2n) is 10.8. The molecule has 0 heterocycles. The van der Waals surface area contributed by atoms with Crippen molar-refractivity contribution >= 4 is 11.9 Å². The van der Waals surface area contributed by atoms with Gasteiger partial charge in [0.25, 0.3) is 0 Å². The Balaban J connectivity index is 3.19. The molecule has 0 fully saturated rings. The minimum atomic E-state index is -0.451. The molecule has 31 heavy (non-hydrogen) atoms. The summed E-state index contributed by atoms with van der Waals surface area (Å²) in [6.45, 7) is 18.6. The summed E-state index contributed by atoms with van der Waals surface area (Å²) in [5, 5.41) is 0. The van der Waals surface area contributed by atoms with Gasteiger partial charge >= 0.3 is 11.9 Å². The van der Waals surface area contributed by atoms with Crippen molar-refractivity contribution in [3.63, 3.8) is 0 Å². The minimum Gasteiger partial charge on any atom is -0.458 e.